The van der Waals surface area contributed by atoms with Gasteiger partial charge in [0.1, 0.15) is 12.4 Å². The molecule has 2 N–H and O–H groups in total. The second kappa shape index (κ2) is 9.94. The van der Waals surface area contributed by atoms with Crippen molar-refractivity contribution in [1.29, 1.82) is 0 Å². The molecule has 8 heteroatoms. The van der Waals surface area contributed by atoms with E-state index in [4.69, 9.17) is 21.4 Å². The van der Waals surface area contributed by atoms with Gasteiger partial charge in [-0.3, -0.25) is 4.79 Å². The van der Waals surface area contributed by atoms with Gasteiger partial charge < -0.3 is 15.2 Å². The van der Waals surface area contributed by atoms with E-state index in [9.17, 15) is 9.59 Å². The zero-order valence-corrected chi connectivity index (χ0v) is 19.1. The van der Waals surface area contributed by atoms with Crippen molar-refractivity contribution in [3.05, 3.63) is 98.9 Å². The maximum absolute atomic E-state index is 12.5. The Kier molecular flexibility index (Phi) is 6.82. The van der Waals surface area contributed by atoms with E-state index in [-0.39, 0.29) is 18.1 Å². The first-order chi connectivity index (χ1) is 15.9. The molecule has 0 aliphatic carbocycles. The molecule has 0 aromatic heterocycles. The number of carbonyl (C=O) groups is 2. The number of hydrogen-bond donors (Lipinski definition) is 2. The van der Waals surface area contributed by atoms with Gasteiger partial charge in [0.25, 0.3) is 5.91 Å². The number of aliphatic imine (C=N–C) groups is 1. The molecule has 6 nitrogen and oxygen atoms in total. The summed E-state index contributed by atoms with van der Waals surface area (Å²) in [6, 6.07) is 19.3. The fourth-order valence-corrected chi connectivity index (χ4v) is 4.04. The van der Waals surface area contributed by atoms with Crippen LogP contribution in [0.15, 0.2) is 76.6 Å². The normalized spacial score (nSPS) is 15.6. The van der Waals surface area contributed by atoms with Crippen LogP contribution < -0.4 is 10.1 Å². The number of benzene rings is 3. The van der Waals surface area contributed by atoms with E-state index in [0.717, 1.165) is 16.8 Å². The van der Waals surface area contributed by atoms with Crippen molar-refractivity contribution in [3.8, 4) is 5.75 Å². The number of carbonyl (C=O) groups excluding carboxylic acids is 1. The highest BCUT2D eigenvalue weighted by Crippen LogP contribution is 2.32. The van der Waals surface area contributed by atoms with Gasteiger partial charge in [-0.25, -0.2) is 9.79 Å². The molecule has 1 fully saturated rings. The number of nitrogens with one attached hydrogen (secondary N) is 1. The van der Waals surface area contributed by atoms with E-state index >= 15 is 0 Å². The minimum atomic E-state index is -0.980. The average molecular weight is 479 g/mol. The predicted molar refractivity (Wildman–Crippen MR) is 131 cm³/mol. The molecule has 0 unspecified atom stereocenters. The van der Waals surface area contributed by atoms with Gasteiger partial charge in [0, 0.05) is 10.6 Å². The standard InChI is InChI=1S/C25H19ClN2O4S/c1-15-2-9-20(10-3-15)27-25-28-23(29)22(33-25)13-18-12-19(26)8-11-21(18)32-14-16-4-6-17(7-5-16)24(30)31/h2-13H,14H2,1H3,(H,30,31)(H,27,28,29)/b22-13-. The Hall–Kier alpha value is -3.55. The number of carboxylic acids is 1. The number of aryl methyl sites for hydroxylation is 1. The number of nitrogens with zero attached hydrogens (tertiary/aromatic N) is 1. The summed E-state index contributed by atoms with van der Waals surface area (Å²) in [7, 11) is 0. The maximum atomic E-state index is 12.5. The molecular weight excluding hydrogens is 460 g/mol. The van der Waals surface area contributed by atoms with Crippen LogP contribution in [0.5, 0.6) is 5.75 Å². The zero-order valence-electron chi connectivity index (χ0n) is 17.5. The molecule has 0 spiro atoms. The molecule has 0 bridgehead atoms. The molecular formula is C25H19ClN2O4S. The highest BCUT2D eigenvalue weighted by atomic mass is 35.5. The SMILES string of the molecule is Cc1ccc(N=C2NC(=O)/C(=C/c3cc(Cl)ccc3OCc3ccc(C(=O)O)cc3)S2)cc1. The Morgan fingerprint density at radius 2 is 1.85 bits per heavy atom. The Bertz CT molecular complexity index is 1270. The van der Waals surface area contributed by atoms with Gasteiger partial charge in [0.15, 0.2) is 5.17 Å². The lowest BCUT2D eigenvalue weighted by Gasteiger charge is -2.10. The monoisotopic (exact) mass is 478 g/mol. The molecule has 33 heavy (non-hydrogen) atoms. The number of aromatic carboxylic acids is 1. The fourth-order valence-electron chi connectivity index (χ4n) is 3.03. The topological polar surface area (TPSA) is 88.0 Å². The Morgan fingerprint density at radius 3 is 2.55 bits per heavy atom. The first kappa shape index (κ1) is 22.6. The number of ether oxygens (including phenoxy) is 1. The highest BCUT2D eigenvalue weighted by Gasteiger charge is 2.24. The summed E-state index contributed by atoms with van der Waals surface area (Å²) >= 11 is 7.42. The Labute approximate surface area is 200 Å². The van der Waals surface area contributed by atoms with Gasteiger partial charge in [0.05, 0.1) is 16.2 Å². The molecule has 1 saturated heterocycles. The van der Waals surface area contributed by atoms with Gasteiger partial charge in [-0.15, -0.1) is 0 Å². The van der Waals surface area contributed by atoms with Gasteiger partial charge in [0.2, 0.25) is 0 Å². The van der Waals surface area contributed by atoms with Crippen LogP contribution in [0.4, 0.5) is 5.69 Å². The molecule has 0 radical (unpaired) electrons. The summed E-state index contributed by atoms with van der Waals surface area (Å²) in [5, 5.41) is 12.8. The van der Waals surface area contributed by atoms with Gasteiger partial charge in [-0.05, 0) is 72.8 Å². The van der Waals surface area contributed by atoms with Crippen LogP contribution in [-0.4, -0.2) is 22.2 Å². The summed E-state index contributed by atoms with van der Waals surface area (Å²) in [4.78, 5) is 28.5. The highest BCUT2D eigenvalue weighted by molar-refractivity contribution is 8.18. The van der Waals surface area contributed by atoms with Crippen LogP contribution in [0, 0.1) is 6.92 Å². The number of thioether (sulfide) groups is 1. The molecule has 4 rings (SSSR count). The summed E-state index contributed by atoms with van der Waals surface area (Å²) in [6.45, 7) is 2.23. The van der Waals surface area contributed by atoms with E-state index in [2.05, 4.69) is 10.3 Å². The van der Waals surface area contributed by atoms with Crippen molar-refractivity contribution in [2.45, 2.75) is 13.5 Å². The number of amidine groups is 1. The minimum absolute atomic E-state index is 0.211. The molecule has 166 valence electrons. The van der Waals surface area contributed by atoms with Crippen LogP contribution in [0.2, 0.25) is 5.02 Å². The summed E-state index contributed by atoms with van der Waals surface area (Å²) in [6.07, 6.45) is 1.71. The van der Waals surface area contributed by atoms with E-state index in [0.29, 0.717) is 26.4 Å². The Morgan fingerprint density at radius 1 is 1.12 bits per heavy atom. The number of carboxylic acid groups (broad SMARTS) is 1. The lowest BCUT2D eigenvalue weighted by atomic mass is 10.1. The second-order valence-electron chi connectivity index (χ2n) is 7.29. The smallest absolute Gasteiger partial charge is 0.335 e. The van der Waals surface area contributed by atoms with E-state index < -0.39 is 5.97 Å². The average Bonchev–Trinajstić information content (AvgIpc) is 3.13. The van der Waals surface area contributed by atoms with Crippen molar-refractivity contribution < 1.29 is 19.4 Å². The second-order valence-corrected chi connectivity index (χ2v) is 8.76. The lowest BCUT2D eigenvalue weighted by molar-refractivity contribution is -0.115. The summed E-state index contributed by atoms with van der Waals surface area (Å²) < 4.78 is 5.94. The summed E-state index contributed by atoms with van der Waals surface area (Å²) in [5.74, 6) is -0.681. The van der Waals surface area contributed by atoms with Crippen molar-refractivity contribution in [2.24, 2.45) is 4.99 Å². The largest absolute Gasteiger partial charge is 0.488 e. The third kappa shape index (κ3) is 5.83. The number of amides is 1. The van der Waals surface area contributed by atoms with E-state index in [1.165, 1.54) is 23.9 Å². The third-order valence-corrected chi connectivity index (χ3v) is 5.91. The molecule has 3 aromatic carbocycles. The molecule has 3 aromatic rings. The third-order valence-electron chi connectivity index (χ3n) is 4.77. The van der Waals surface area contributed by atoms with Crippen LogP contribution >= 0.6 is 23.4 Å². The first-order valence-corrected chi connectivity index (χ1v) is 11.2. The molecule has 1 aliphatic rings. The maximum Gasteiger partial charge on any atom is 0.335 e. The van der Waals surface area contributed by atoms with Crippen LogP contribution in [-0.2, 0) is 11.4 Å². The predicted octanol–water partition coefficient (Wildman–Crippen LogP) is 5.82. The van der Waals surface area contributed by atoms with Crippen molar-refractivity contribution in [2.75, 3.05) is 0 Å². The van der Waals surface area contributed by atoms with Crippen molar-refractivity contribution in [1.82, 2.24) is 5.32 Å². The van der Waals surface area contributed by atoms with Gasteiger partial charge >= 0.3 is 5.97 Å². The fraction of sp³-hybridized carbons (Fsp3) is 0.0800. The zero-order chi connectivity index (χ0) is 23.4. The quantitative estimate of drug-likeness (QED) is 0.436. The number of rotatable bonds is 6. The molecule has 1 heterocycles. The van der Waals surface area contributed by atoms with Gasteiger partial charge in [-0.1, -0.05) is 41.4 Å². The number of halogens is 1. The molecule has 0 saturated carbocycles. The molecule has 1 aliphatic heterocycles. The number of hydrogen-bond acceptors (Lipinski definition) is 5. The van der Waals surface area contributed by atoms with Gasteiger partial charge in [-0.2, -0.15) is 0 Å². The molecule has 1 amide bonds. The lowest BCUT2D eigenvalue weighted by Crippen LogP contribution is -2.19. The van der Waals surface area contributed by atoms with Crippen molar-refractivity contribution >= 4 is 52.2 Å². The molecule has 0 atom stereocenters. The van der Waals surface area contributed by atoms with E-state index in [1.807, 2.05) is 31.2 Å². The van der Waals surface area contributed by atoms with Crippen molar-refractivity contribution in [3.63, 3.8) is 0 Å². The van der Waals surface area contributed by atoms with E-state index in [1.54, 1.807) is 36.4 Å². The minimum Gasteiger partial charge on any atom is -0.488 e. The first-order valence-electron chi connectivity index (χ1n) is 9.98. The van der Waals surface area contributed by atoms with Crippen LogP contribution in [0.1, 0.15) is 27.0 Å². The van der Waals surface area contributed by atoms with Crippen LogP contribution in [0.3, 0.4) is 0 Å². The Balaban J connectivity index is 1.52. The summed E-state index contributed by atoms with van der Waals surface area (Å²) in [5.41, 5.74) is 3.57. The van der Waals surface area contributed by atoms with Crippen LogP contribution in [0.25, 0.3) is 6.08 Å².